The summed E-state index contributed by atoms with van der Waals surface area (Å²) >= 11 is 0. The van der Waals surface area contributed by atoms with Gasteiger partial charge in [-0.3, -0.25) is 4.79 Å². The van der Waals surface area contributed by atoms with Crippen LogP contribution in [0.25, 0.3) is 0 Å². The van der Waals surface area contributed by atoms with Crippen LogP contribution in [0.1, 0.15) is 29.9 Å². The molecule has 2 rings (SSSR count). The van der Waals surface area contributed by atoms with Crippen molar-refractivity contribution in [1.29, 1.82) is 5.26 Å². The number of carbonyl (C=O) groups is 1. The van der Waals surface area contributed by atoms with Crippen molar-refractivity contribution in [2.75, 3.05) is 0 Å². The molecule has 0 fully saturated rings. The summed E-state index contributed by atoms with van der Waals surface area (Å²) in [5, 5.41) is 8.78. The molecular weight excluding hydrogens is 186 g/mol. The largest absolute Gasteiger partial charge is 0.295 e. The number of ketones is 1. The van der Waals surface area contributed by atoms with Gasteiger partial charge in [-0.25, -0.2) is 0 Å². The zero-order valence-electron chi connectivity index (χ0n) is 8.31. The first-order valence-electron chi connectivity index (χ1n) is 5.00. The first-order chi connectivity index (χ1) is 7.29. The molecule has 2 heteroatoms. The van der Waals surface area contributed by atoms with Crippen LogP contribution in [0.5, 0.6) is 0 Å². The number of carbonyl (C=O) groups excluding carboxylic acids is 1. The number of nitriles is 1. The molecule has 0 spiro atoms. The third kappa shape index (κ3) is 2.13. The summed E-state index contributed by atoms with van der Waals surface area (Å²) in [4.78, 5) is 11.0. The van der Waals surface area contributed by atoms with Gasteiger partial charge in [0.1, 0.15) is 0 Å². The van der Waals surface area contributed by atoms with E-state index in [9.17, 15) is 4.79 Å². The number of hydrogen-bond donors (Lipinski definition) is 0. The van der Waals surface area contributed by atoms with E-state index in [4.69, 9.17) is 5.26 Å². The van der Waals surface area contributed by atoms with E-state index >= 15 is 0 Å². The van der Waals surface area contributed by atoms with E-state index in [-0.39, 0.29) is 11.7 Å². The molecule has 0 heterocycles. The molecule has 0 saturated heterocycles. The number of nitrogens with zero attached hydrogens (tertiary/aromatic N) is 1. The molecule has 0 N–H and O–H groups in total. The van der Waals surface area contributed by atoms with Gasteiger partial charge >= 0.3 is 0 Å². The highest BCUT2D eigenvalue weighted by Gasteiger charge is 2.14. The fourth-order valence-electron chi connectivity index (χ4n) is 1.82. The molecule has 0 bridgehead atoms. The predicted molar refractivity (Wildman–Crippen MR) is 57.3 cm³/mol. The Kier molecular flexibility index (Phi) is 2.64. The van der Waals surface area contributed by atoms with E-state index in [2.05, 4.69) is 6.07 Å². The molecule has 2 nitrogen and oxygen atoms in total. The van der Waals surface area contributed by atoms with E-state index in [0.29, 0.717) is 12.0 Å². The van der Waals surface area contributed by atoms with Crippen molar-refractivity contribution < 1.29 is 4.79 Å². The van der Waals surface area contributed by atoms with E-state index in [0.717, 1.165) is 12.0 Å². The minimum atomic E-state index is 0.197. The molecule has 1 aliphatic rings. The van der Waals surface area contributed by atoms with Crippen molar-refractivity contribution in [3.63, 3.8) is 0 Å². The Labute approximate surface area is 88.8 Å². The lowest BCUT2D eigenvalue weighted by molar-refractivity contribution is -0.115. The summed E-state index contributed by atoms with van der Waals surface area (Å²) in [5.41, 5.74) is 1.80. The Balaban J connectivity index is 2.27. The molecule has 1 unspecified atom stereocenters. The first kappa shape index (κ1) is 9.67. The number of benzene rings is 1. The Morgan fingerprint density at radius 1 is 1.40 bits per heavy atom. The lowest BCUT2D eigenvalue weighted by Crippen LogP contribution is -2.06. The number of rotatable bonds is 1. The Hall–Kier alpha value is -1.88. The average Bonchev–Trinajstić information content (AvgIpc) is 2.30. The summed E-state index contributed by atoms with van der Waals surface area (Å²) in [7, 11) is 0. The SMILES string of the molecule is N#Cc1cccc(C2C=CC(=O)CC2)c1. The van der Waals surface area contributed by atoms with Crippen LogP contribution >= 0.6 is 0 Å². The summed E-state index contributed by atoms with van der Waals surface area (Å²) in [6, 6.07) is 9.70. The third-order valence-corrected chi connectivity index (χ3v) is 2.66. The van der Waals surface area contributed by atoms with E-state index < -0.39 is 0 Å². The lowest BCUT2D eigenvalue weighted by Gasteiger charge is -2.15. The quantitative estimate of drug-likeness (QED) is 0.694. The summed E-state index contributed by atoms with van der Waals surface area (Å²) in [6.07, 6.45) is 5.04. The van der Waals surface area contributed by atoms with Crippen LogP contribution in [0, 0.1) is 11.3 Å². The van der Waals surface area contributed by atoms with Crippen LogP contribution < -0.4 is 0 Å². The van der Waals surface area contributed by atoms with Crippen LogP contribution in [0.15, 0.2) is 36.4 Å². The molecule has 1 aromatic rings. The molecule has 1 aliphatic carbocycles. The summed E-state index contributed by atoms with van der Waals surface area (Å²) in [5.74, 6) is 0.485. The number of hydrogen-bond acceptors (Lipinski definition) is 2. The fourth-order valence-corrected chi connectivity index (χ4v) is 1.82. The van der Waals surface area contributed by atoms with Gasteiger partial charge in [-0.2, -0.15) is 5.26 Å². The number of allylic oxidation sites excluding steroid dienone is 2. The molecule has 74 valence electrons. The van der Waals surface area contributed by atoms with Crippen molar-refractivity contribution in [3.05, 3.63) is 47.5 Å². The molecule has 0 aromatic heterocycles. The van der Waals surface area contributed by atoms with Gasteiger partial charge in [0.2, 0.25) is 0 Å². The zero-order valence-corrected chi connectivity index (χ0v) is 8.31. The van der Waals surface area contributed by atoms with E-state index in [1.54, 1.807) is 12.1 Å². The topological polar surface area (TPSA) is 40.9 Å². The fraction of sp³-hybridized carbons (Fsp3) is 0.231. The van der Waals surface area contributed by atoms with Gasteiger partial charge < -0.3 is 0 Å². The van der Waals surface area contributed by atoms with Crippen molar-refractivity contribution in [2.45, 2.75) is 18.8 Å². The normalized spacial score (nSPS) is 19.9. The highest BCUT2D eigenvalue weighted by Crippen LogP contribution is 2.26. The highest BCUT2D eigenvalue weighted by molar-refractivity contribution is 5.90. The second-order valence-corrected chi connectivity index (χ2v) is 3.71. The second-order valence-electron chi connectivity index (χ2n) is 3.71. The van der Waals surface area contributed by atoms with Gasteiger partial charge in [-0.05, 0) is 30.2 Å². The molecule has 0 radical (unpaired) electrons. The Morgan fingerprint density at radius 3 is 2.93 bits per heavy atom. The molecule has 1 atom stereocenters. The van der Waals surface area contributed by atoms with E-state index in [1.165, 1.54) is 0 Å². The Bertz CT molecular complexity index is 454. The van der Waals surface area contributed by atoms with Gasteiger partial charge in [0.05, 0.1) is 11.6 Å². The minimum absolute atomic E-state index is 0.197. The van der Waals surface area contributed by atoms with Crippen LogP contribution in [-0.2, 0) is 4.79 Å². The van der Waals surface area contributed by atoms with Gasteiger partial charge in [0.25, 0.3) is 0 Å². The van der Waals surface area contributed by atoms with Gasteiger partial charge in [0, 0.05) is 12.3 Å². The second kappa shape index (κ2) is 4.10. The standard InChI is InChI=1S/C13H11NO/c14-9-10-2-1-3-12(8-10)11-4-6-13(15)7-5-11/h1-4,6,8,11H,5,7H2. The van der Waals surface area contributed by atoms with Crippen LogP contribution in [-0.4, -0.2) is 5.78 Å². The predicted octanol–water partition coefficient (Wildman–Crippen LogP) is 2.56. The average molecular weight is 197 g/mol. The van der Waals surface area contributed by atoms with E-state index in [1.807, 2.05) is 24.3 Å². The lowest BCUT2D eigenvalue weighted by atomic mass is 9.88. The summed E-state index contributed by atoms with van der Waals surface area (Å²) < 4.78 is 0. The molecule has 1 aromatic carbocycles. The van der Waals surface area contributed by atoms with Gasteiger partial charge in [-0.15, -0.1) is 0 Å². The van der Waals surface area contributed by atoms with Crippen LogP contribution in [0.3, 0.4) is 0 Å². The summed E-state index contributed by atoms with van der Waals surface area (Å²) in [6.45, 7) is 0. The van der Waals surface area contributed by atoms with Crippen LogP contribution in [0.4, 0.5) is 0 Å². The highest BCUT2D eigenvalue weighted by atomic mass is 16.1. The van der Waals surface area contributed by atoms with Gasteiger partial charge in [-0.1, -0.05) is 18.2 Å². The molecule has 0 saturated carbocycles. The molecular formula is C13H11NO. The zero-order chi connectivity index (χ0) is 10.7. The Morgan fingerprint density at radius 2 is 2.27 bits per heavy atom. The maximum Gasteiger partial charge on any atom is 0.155 e. The van der Waals surface area contributed by atoms with Crippen molar-refractivity contribution in [1.82, 2.24) is 0 Å². The molecule has 0 aliphatic heterocycles. The molecule has 15 heavy (non-hydrogen) atoms. The minimum Gasteiger partial charge on any atom is -0.295 e. The first-order valence-corrected chi connectivity index (χ1v) is 5.00. The van der Waals surface area contributed by atoms with Crippen molar-refractivity contribution in [2.24, 2.45) is 0 Å². The van der Waals surface area contributed by atoms with Crippen molar-refractivity contribution >= 4 is 5.78 Å². The van der Waals surface area contributed by atoms with Crippen molar-refractivity contribution in [3.8, 4) is 6.07 Å². The monoisotopic (exact) mass is 197 g/mol. The smallest absolute Gasteiger partial charge is 0.155 e. The maximum absolute atomic E-state index is 11.0. The van der Waals surface area contributed by atoms with Crippen LogP contribution in [0.2, 0.25) is 0 Å². The third-order valence-electron chi connectivity index (χ3n) is 2.66. The molecule has 0 amide bonds. The van der Waals surface area contributed by atoms with Gasteiger partial charge in [0.15, 0.2) is 5.78 Å². The maximum atomic E-state index is 11.0.